The van der Waals surface area contributed by atoms with Crippen LogP contribution in [-0.2, 0) is 4.74 Å². The van der Waals surface area contributed by atoms with Gasteiger partial charge in [0, 0.05) is 13.0 Å². The predicted molar refractivity (Wildman–Crippen MR) is 81.8 cm³/mol. The van der Waals surface area contributed by atoms with E-state index in [4.69, 9.17) is 4.74 Å². The quantitative estimate of drug-likeness (QED) is 0.800. The second-order valence-electron chi connectivity index (χ2n) is 5.67. The molecule has 0 saturated carbocycles. The summed E-state index contributed by atoms with van der Waals surface area (Å²) in [5, 5.41) is 25.3. The number of hydrogen-bond acceptors (Lipinski definition) is 5. The molecule has 5 heteroatoms. The van der Waals surface area contributed by atoms with Gasteiger partial charge in [-0.2, -0.15) is 15.6 Å². The van der Waals surface area contributed by atoms with Gasteiger partial charge in [0.1, 0.15) is 18.2 Å². The molecule has 2 aliphatic heterocycles. The van der Waals surface area contributed by atoms with Crippen molar-refractivity contribution in [2.24, 2.45) is 5.10 Å². The van der Waals surface area contributed by atoms with Gasteiger partial charge < -0.3 is 4.74 Å². The molecule has 2 atom stereocenters. The van der Waals surface area contributed by atoms with E-state index in [1.165, 1.54) is 0 Å². The monoisotopic (exact) mass is 294 g/mol. The first kappa shape index (κ1) is 14.6. The predicted octanol–water partition coefficient (Wildman–Crippen LogP) is 2.75. The van der Waals surface area contributed by atoms with Crippen molar-refractivity contribution in [3.05, 3.63) is 35.4 Å². The Labute approximate surface area is 130 Å². The molecule has 0 unspecified atom stereocenters. The van der Waals surface area contributed by atoms with E-state index in [0.29, 0.717) is 13.0 Å². The van der Waals surface area contributed by atoms with Crippen molar-refractivity contribution in [2.45, 2.75) is 43.9 Å². The van der Waals surface area contributed by atoms with Gasteiger partial charge >= 0.3 is 0 Å². The second-order valence-corrected chi connectivity index (χ2v) is 5.67. The third-order valence-corrected chi connectivity index (χ3v) is 4.39. The zero-order valence-electron chi connectivity index (χ0n) is 12.6. The van der Waals surface area contributed by atoms with Gasteiger partial charge in [0.2, 0.25) is 0 Å². The van der Waals surface area contributed by atoms with Gasteiger partial charge in [-0.05, 0) is 17.5 Å². The molecule has 0 N–H and O–H groups in total. The lowest BCUT2D eigenvalue weighted by Crippen LogP contribution is -2.47. The molecule has 1 aromatic rings. The average molecular weight is 294 g/mol. The summed E-state index contributed by atoms with van der Waals surface area (Å²) < 4.78 is 5.89. The van der Waals surface area contributed by atoms with Crippen LogP contribution in [0.3, 0.4) is 0 Å². The molecule has 0 amide bonds. The molecule has 1 aromatic carbocycles. The maximum atomic E-state index is 9.66. The van der Waals surface area contributed by atoms with E-state index in [-0.39, 0.29) is 6.04 Å². The lowest BCUT2D eigenvalue weighted by atomic mass is 9.96. The molecule has 0 bridgehead atoms. The van der Waals surface area contributed by atoms with E-state index < -0.39 is 11.6 Å². The fraction of sp³-hybridized carbons (Fsp3) is 0.471. The van der Waals surface area contributed by atoms with Crippen LogP contribution in [0.2, 0.25) is 0 Å². The molecule has 2 aliphatic rings. The summed E-state index contributed by atoms with van der Waals surface area (Å²) in [7, 11) is 0. The fourth-order valence-electron chi connectivity index (χ4n) is 3.18. The van der Waals surface area contributed by atoms with Crippen molar-refractivity contribution in [3.8, 4) is 12.1 Å². The van der Waals surface area contributed by atoms with Gasteiger partial charge in [-0.3, -0.25) is 5.01 Å². The number of ether oxygens (including phenoxy) is 1. The summed E-state index contributed by atoms with van der Waals surface area (Å²) in [6.45, 7) is 2.65. The Morgan fingerprint density at radius 3 is 2.86 bits per heavy atom. The lowest BCUT2D eigenvalue weighted by molar-refractivity contribution is 0.0178. The van der Waals surface area contributed by atoms with Crippen molar-refractivity contribution in [1.29, 1.82) is 10.5 Å². The van der Waals surface area contributed by atoms with E-state index in [2.05, 4.69) is 24.2 Å². The molecule has 112 valence electrons. The Balaban J connectivity index is 1.96. The van der Waals surface area contributed by atoms with Crippen LogP contribution in [0.25, 0.3) is 0 Å². The highest BCUT2D eigenvalue weighted by Gasteiger charge is 2.57. The third-order valence-electron chi connectivity index (χ3n) is 4.39. The minimum Gasteiger partial charge on any atom is -0.373 e. The van der Waals surface area contributed by atoms with Crippen molar-refractivity contribution in [1.82, 2.24) is 5.01 Å². The SMILES string of the molecule is CCCCO[C@H]1C[C@@H]2c3ccccc3C=NN2C1(C#N)C#N. The highest BCUT2D eigenvalue weighted by atomic mass is 16.5. The van der Waals surface area contributed by atoms with Crippen LogP contribution < -0.4 is 0 Å². The first-order valence-corrected chi connectivity index (χ1v) is 7.63. The van der Waals surface area contributed by atoms with Gasteiger partial charge in [-0.25, -0.2) is 0 Å². The smallest absolute Gasteiger partial charge is 0.256 e. The third kappa shape index (κ3) is 2.06. The minimum atomic E-state index is -1.34. The zero-order chi connectivity index (χ0) is 15.6. The number of unbranched alkanes of at least 4 members (excludes halogenated alkanes) is 1. The average Bonchev–Trinajstić information content (AvgIpc) is 2.89. The van der Waals surface area contributed by atoms with E-state index in [9.17, 15) is 10.5 Å². The van der Waals surface area contributed by atoms with Crippen LogP contribution in [-0.4, -0.2) is 29.5 Å². The molecule has 1 fully saturated rings. The number of benzene rings is 1. The van der Waals surface area contributed by atoms with E-state index >= 15 is 0 Å². The highest BCUT2D eigenvalue weighted by Crippen LogP contribution is 2.46. The van der Waals surface area contributed by atoms with Crippen LogP contribution in [0, 0.1) is 22.7 Å². The second kappa shape index (κ2) is 5.79. The Hall–Kier alpha value is -2.37. The van der Waals surface area contributed by atoms with Gasteiger partial charge in [-0.15, -0.1) is 0 Å². The number of nitrogens with zero attached hydrogens (tertiary/aromatic N) is 4. The van der Waals surface area contributed by atoms with Gasteiger partial charge in [0.25, 0.3) is 5.54 Å². The number of hydrazone groups is 1. The van der Waals surface area contributed by atoms with Crippen LogP contribution in [0.15, 0.2) is 29.4 Å². The van der Waals surface area contributed by atoms with Crippen LogP contribution in [0.1, 0.15) is 43.4 Å². The fourth-order valence-corrected chi connectivity index (χ4v) is 3.18. The normalized spacial score (nSPS) is 24.2. The Morgan fingerprint density at radius 1 is 1.36 bits per heavy atom. The standard InChI is InChI=1S/C17H18N4O/c1-2-3-8-22-16-9-15-14-7-5-4-6-13(14)10-20-21(15)17(16,11-18)12-19/h4-7,10,15-16H,2-3,8-9H2,1H3/t15-,16+/m1/s1. The molecule has 0 radical (unpaired) electrons. The molecule has 0 aromatic heterocycles. The largest absolute Gasteiger partial charge is 0.373 e. The maximum absolute atomic E-state index is 9.66. The van der Waals surface area contributed by atoms with Gasteiger partial charge in [0.05, 0.1) is 12.3 Å². The zero-order valence-corrected chi connectivity index (χ0v) is 12.6. The van der Waals surface area contributed by atoms with Gasteiger partial charge in [-0.1, -0.05) is 37.6 Å². The van der Waals surface area contributed by atoms with Crippen LogP contribution >= 0.6 is 0 Å². The molecule has 0 spiro atoms. The maximum Gasteiger partial charge on any atom is 0.256 e. The van der Waals surface area contributed by atoms with Crippen molar-refractivity contribution in [3.63, 3.8) is 0 Å². The number of rotatable bonds is 4. The summed E-state index contributed by atoms with van der Waals surface area (Å²) in [6, 6.07) is 12.2. The summed E-state index contributed by atoms with van der Waals surface area (Å²) in [5.41, 5.74) is 0.805. The molecule has 2 heterocycles. The summed E-state index contributed by atoms with van der Waals surface area (Å²) in [4.78, 5) is 0. The van der Waals surface area contributed by atoms with E-state index in [0.717, 1.165) is 24.0 Å². The molecule has 3 rings (SSSR count). The van der Waals surface area contributed by atoms with E-state index in [1.54, 1.807) is 11.2 Å². The van der Waals surface area contributed by atoms with E-state index in [1.807, 2.05) is 24.3 Å². The topological polar surface area (TPSA) is 72.4 Å². The summed E-state index contributed by atoms with van der Waals surface area (Å²) >= 11 is 0. The Morgan fingerprint density at radius 2 is 2.14 bits per heavy atom. The minimum absolute atomic E-state index is 0.0767. The van der Waals surface area contributed by atoms with Crippen molar-refractivity contribution < 1.29 is 4.74 Å². The highest BCUT2D eigenvalue weighted by molar-refractivity contribution is 5.83. The molecule has 0 aliphatic carbocycles. The molecular formula is C17H18N4O. The van der Waals surface area contributed by atoms with Crippen LogP contribution in [0.5, 0.6) is 0 Å². The first-order chi connectivity index (χ1) is 10.8. The lowest BCUT2D eigenvalue weighted by Gasteiger charge is -2.33. The number of fused-ring (bicyclic) bond motifs is 3. The number of hydrogen-bond donors (Lipinski definition) is 0. The van der Waals surface area contributed by atoms with Crippen molar-refractivity contribution >= 4 is 6.21 Å². The van der Waals surface area contributed by atoms with Crippen LogP contribution in [0.4, 0.5) is 0 Å². The summed E-state index contributed by atoms with van der Waals surface area (Å²) in [6.07, 6.45) is 3.84. The molecule has 22 heavy (non-hydrogen) atoms. The molecular weight excluding hydrogens is 276 g/mol. The Kier molecular flexibility index (Phi) is 3.83. The number of nitriles is 2. The molecule has 1 saturated heterocycles. The van der Waals surface area contributed by atoms with Gasteiger partial charge in [0.15, 0.2) is 0 Å². The Bertz CT molecular complexity index is 656. The summed E-state index contributed by atoms with van der Waals surface area (Å²) in [5.74, 6) is 0. The molecule has 5 nitrogen and oxygen atoms in total. The van der Waals surface area contributed by atoms with Crippen molar-refractivity contribution in [2.75, 3.05) is 6.61 Å². The first-order valence-electron chi connectivity index (χ1n) is 7.63.